The highest BCUT2D eigenvalue weighted by atomic mass is 32.1. The van der Waals surface area contributed by atoms with Crippen molar-refractivity contribution in [3.63, 3.8) is 0 Å². The van der Waals surface area contributed by atoms with Crippen LogP contribution >= 0.6 is 11.3 Å². The molecule has 4 heteroatoms. The zero-order valence-corrected chi connectivity index (χ0v) is 9.37. The molecular weight excluding hydrogens is 210 g/mol. The number of nitrogens with zero attached hydrogens (tertiary/aromatic N) is 1. The molecule has 2 rings (SSSR count). The summed E-state index contributed by atoms with van der Waals surface area (Å²) >= 11 is 1.71. The molecule has 1 N–H and O–H groups in total. The Morgan fingerprint density at radius 2 is 2.53 bits per heavy atom. The van der Waals surface area contributed by atoms with Gasteiger partial charge in [0.2, 0.25) is 0 Å². The lowest BCUT2D eigenvalue weighted by atomic mass is 10.1. The smallest absolute Gasteiger partial charge is 0.304 e. The molecule has 1 fully saturated rings. The van der Waals surface area contributed by atoms with E-state index in [9.17, 15) is 4.79 Å². The van der Waals surface area contributed by atoms with Crippen LogP contribution in [0.25, 0.3) is 0 Å². The number of carbonyl (C=O) groups is 1. The Balaban J connectivity index is 1.96. The number of carboxylic acids is 1. The fraction of sp³-hybridized carbons (Fsp3) is 0.545. The Kier molecular flexibility index (Phi) is 3.38. The molecule has 0 amide bonds. The highest BCUT2D eigenvalue weighted by Crippen LogP contribution is 2.32. The van der Waals surface area contributed by atoms with Crippen molar-refractivity contribution >= 4 is 17.3 Å². The van der Waals surface area contributed by atoms with Gasteiger partial charge in [0.25, 0.3) is 0 Å². The summed E-state index contributed by atoms with van der Waals surface area (Å²) in [6.45, 7) is 1.71. The molecule has 3 nitrogen and oxygen atoms in total. The summed E-state index contributed by atoms with van der Waals surface area (Å²) in [7, 11) is 0. The first-order valence-corrected chi connectivity index (χ1v) is 6.19. The van der Waals surface area contributed by atoms with E-state index in [1.54, 1.807) is 11.3 Å². The van der Waals surface area contributed by atoms with Crippen molar-refractivity contribution in [2.24, 2.45) is 0 Å². The highest BCUT2D eigenvalue weighted by molar-refractivity contribution is 7.07. The van der Waals surface area contributed by atoms with E-state index in [1.807, 2.05) is 0 Å². The third-order valence-corrected chi connectivity index (χ3v) is 3.61. The van der Waals surface area contributed by atoms with E-state index in [2.05, 4.69) is 21.7 Å². The number of carboxylic acid groups (broad SMARTS) is 1. The van der Waals surface area contributed by atoms with Crippen LogP contribution in [0.2, 0.25) is 0 Å². The van der Waals surface area contributed by atoms with Crippen LogP contribution in [0.4, 0.5) is 0 Å². The first kappa shape index (κ1) is 10.6. The van der Waals surface area contributed by atoms with Crippen LogP contribution in [0.1, 0.15) is 30.9 Å². The van der Waals surface area contributed by atoms with Crippen LogP contribution in [0.3, 0.4) is 0 Å². The maximum Gasteiger partial charge on any atom is 0.304 e. The summed E-state index contributed by atoms with van der Waals surface area (Å²) in [6, 6.07) is 2.60. The van der Waals surface area contributed by atoms with Crippen molar-refractivity contribution in [3.8, 4) is 0 Å². The second-order valence-corrected chi connectivity index (χ2v) is 4.67. The van der Waals surface area contributed by atoms with Crippen molar-refractivity contribution < 1.29 is 9.90 Å². The highest BCUT2D eigenvalue weighted by Gasteiger charge is 2.26. The minimum atomic E-state index is -0.703. The molecule has 0 bridgehead atoms. The van der Waals surface area contributed by atoms with Crippen molar-refractivity contribution in [1.29, 1.82) is 0 Å². The molecule has 0 radical (unpaired) electrons. The fourth-order valence-electron chi connectivity index (χ4n) is 2.18. The van der Waals surface area contributed by atoms with Crippen LogP contribution in [-0.2, 0) is 4.79 Å². The normalized spacial score (nSPS) is 22.0. The van der Waals surface area contributed by atoms with Gasteiger partial charge in [0.15, 0.2) is 0 Å². The van der Waals surface area contributed by atoms with Crippen LogP contribution in [0.5, 0.6) is 0 Å². The second kappa shape index (κ2) is 4.77. The fourth-order valence-corrected chi connectivity index (χ4v) is 2.88. The quantitative estimate of drug-likeness (QED) is 0.855. The van der Waals surface area contributed by atoms with Gasteiger partial charge in [0, 0.05) is 12.6 Å². The standard InChI is InChI=1S/C11H15NO2S/c13-11(14)3-6-12-5-1-2-10(12)9-4-7-15-8-9/h4,7-8,10H,1-3,5-6H2,(H,13,14). The lowest BCUT2D eigenvalue weighted by Crippen LogP contribution is -2.25. The predicted molar refractivity (Wildman–Crippen MR) is 60.1 cm³/mol. The molecule has 2 heterocycles. The van der Waals surface area contributed by atoms with Gasteiger partial charge in [-0.1, -0.05) is 0 Å². The lowest BCUT2D eigenvalue weighted by Gasteiger charge is -2.22. The molecule has 1 aromatic heterocycles. The SMILES string of the molecule is O=C(O)CCN1CCCC1c1ccsc1. The number of likely N-dealkylation sites (tertiary alicyclic amines) is 1. The van der Waals surface area contributed by atoms with Crippen LogP contribution in [0, 0.1) is 0 Å². The zero-order chi connectivity index (χ0) is 10.7. The Morgan fingerprint density at radius 1 is 1.67 bits per heavy atom. The van der Waals surface area contributed by atoms with Crippen molar-refractivity contribution in [3.05, 3.63) is 22.4 Å². The third-order valence-electron chi connectivity index (χ3n) is 2.90. The number of hydrogen-bond donors (Lipinski definition) is 1. The Bertz CT molecular complexity index is 323. The monoisotopic (exact) mass is 225 g/mol. The Hall–Kier alpha value is -0.870. The summed E-state index contributed by atoms with van der Waals surface area (Å²) in [5.41, 5.74) is 1.35. The molecule has 0 saturated carbocycles. The van der Waals surface area contributed by atoms with Crippen molar-refractivity contribution in [1.82, 2.24) is 4.90 Å². The van der Waals surface area contributed by atoms with E-state index in [4.69, 9.17) is 5.11 Å². The zero-order valence-electron chi connectivity index (χ0n) is 8.56. The molecule has 82 valence electrons. The minimum absolute atomic E-state index is 0.251. The van der Waals surface area contributed by atoms with E-state index in [0.29, 0.717) is 12.6 Å². The van der Waals surface area contributed by atoms with Crippen LogP contribution in [0.15, 0.2) is 16.8 Å². The van der Waals surface area contributed by atoms with E-state index in [1.165, 1.54) is 12.0 Å². The van der Waals surface area contributed by atoms with Crippen molar-refractivity contribution in [2.75, 3.05) is 13.1 Å². The average Bonchev–Trinajstić information content (AvgIpc) is 2.85. The third kappa shape index (κ3) is 2.58. The summed E-state index contributed by atoms with van der Waals surface area (Å²) in [5.74, 6) is -0.703. The van der Waals surface area contributed by atoms with Gasteiger partial charge in [0.1, 0.15) is 0 Å². The lowest BCUT2D eigenvalue weighted by molar-refractivity contribution is -0.137. The van der Waals surface area contributed by atoms with E-state index >= 15 is 0 Å². The van der Waals surface area contributed by atoms with Crippen LogP contribution in [-0.4, -0.2) is 29.1 Å². The topological polar surface area (TPSA) is 40.5 Å². The number of thiophene rings is 1. The molecule has 0 aliphatic carbocycles. The van der Waals surface area contributed by atoms with Crippen LogP contribution < -0.4 is 0 Å². The second-order valence-electron chi connectivity index (χ2n) is 3.89. The molecule has 0 aromatic carbocycles. The van der Waals surface area contributed by atoms with Gasteiger partial charge in [-0.05, 0) is 41.8 Å². The van der Waals surface area contributed by atoms with E-state index < -0.39 is 5.97 Å². The predicted octanol–water partition coefficient (Wildman–Crippen LogP) is 2.36. The molecular formula is C11H15NO2S. The summed E-state index contributed by atoms with van der Waals surface area (Å²) < 4.78 is 0. The minimum Gasteiger partial charge on any atom is -0.481 e. The molecule has 0 spiro atoms. The number of aliphatic carboxylic acids is 1. The molecule has 1 saturated heterocycles. The van der Waals surface area contributed by atoms with Gasteiger partial charge in [-0.25, -0.2) is 0 Å². The molecule has 1 aliphatic heterocycles. The summed E-state index contributed by atoms with van der Waals surface area (Å²) in [5, 5.41) is 12.9. The van der Waals surface area contributed by atoms with Gasteiger partial charge >= 0.3 is 5.97 Å². The van der Waals surface area contributed by atoms with Crippen molar-refractivity contribution in [2.45, 2.75) is 25.3 Å². The molecule has 1 unspecified atom stereocenters. The number of hydrogen-bond acceptors (Lipinski definition) is 3. The molecule has 15 heavy (non-hydrogen) atoms. The van der Waals surface area contributed by atoms with E-state index in [-0.39, 0.29) is 6.42 Å². The van der Waals surface area contributed by atoms with Gasteiger partial charge in [-0.2, -0.15) is 11.3 Å². The average molecular weight is 225 g/mol. The van der Waals surface area contributed by atoms with E-state index in [0.717, 1.165) is 13.0 Å². The Morgan fingerprint density at radius 3 is 3.20 bits per heavy atom. The summed E-state index contributed by atoms with van der Waals surface area (Å²) in [4.78, 5) is 12.8. The van der Waals surface area contributed by atoms with Gasteiger partial charge in [-0.3, -0.25) is 9.69 Å². The first-order chi connectivity index (χ1) is 7.27. The maximum atomic E-state index is 10.5. The molecule has 1 aliphatic rings. The molecule has 1 aromatic rings. The maximum absolute atomic E-state index is 10.5. The van der Waals surface area contributed by atoms with Gasteiger partial charge in [-0.15, -0.1) is 0 Å². The van der Waals surface area contributed by atoms with Gasteiger partial charge < -0.3 is 5.11 Å². The Labute approximate surface area is 93.3 Å². The first-order valence-electron chi connectivity index (χ1n) is 5.25. The molecule has 1 atom stereocenters. The number of rotatable bonds is 4. The van der Waals surface area contributed by atoms with Gasteiger partial charge in [0.05, 0.1) is 6.42 Å². The largest absolute Gasteiger partial charge is 0.481 e. The summed E-state index contributed by atoms with van der Waals surface area (Å²) in [6.07, 6.45) is 2.59.